The summed E-state index contributed by atoms with van der Waals surface area (Å²) in [5, 5.41) is 2.15. The Hall–Kier alpha value is -1.35. The Morgan fingerprint density at radius 2 is 1.88 bits per heavy atom. The van der Waals surface area contributed by atoms with Crippen molar-refractivity contribution >= 4 is 28.2 Å². The highest BCUT2D eigenvalue weighted by molar-refractivity contribution is 7.80. The van der Waals surface area contributed by atoms with E-state index in [0.717, 1.165) is 18.2 Å². The Labute approximate surface area is 108 Å². The summed E-state index contributed by atoms with van der Waals surface area (Å²) in [6.07, 6.45) is 0. The van der Waals surface area contributed by atoms with Crippen molar-refractivity contribution in [3.8, 4) is 0 Å². The molecule has 0 saturated heterocycles. The average Bonchev–Trinajstić information content (AvgIpc) is 2.66. The number of aryl methyl sites for hydroxylation is 1. The van der Waals surface area contributed by atoms with Crippen molar-refractivity contribution in [2.24, 2.45) is 0 Å². The number of nitrogens with zero attached hydrogens (tertiary/aromatic N) is 2. The van der Waals surface area contributed by atoms with Gasteiger partial charge in [-0.1, -0.05) is 18.2 Å². The van der Waals surface area contributed by atoms with E-state index in [-0.39, 0.29) is 0 Å². The fourth-order valence-corrected chi connectivity index (χ4v) is 2.68. The summed E-state index contributed by atoms with van der Waals surface area (Å²) in [6, 6.07) is 10.6. The van der Waals surface area contributed by atoms with Gasteiger partial charge in [-0.3, -0.25) is 4.57 Å². The molecule has 0 bridgehead atoms. The first kappa shape index (κ1) is 12.1. The summed E-state index contributed by atoms with van der Waals surface area (Å²) in [7, 11) is 0. The summed E-state index contributed by atoms with van der Waals surface area (Å²) >= 11 is 5.60. The largest absolute Gasteiger partial charge is 0.349 e. The summed E-state index contributed by atoms with van der Waals surface area (Å²) in [5.74, 6) is 0. The lowest BCUT2D eigenvalue weighted by Gasteiger charge is -2.23. The Balaban J connectivity index is 2.54. The molecule has 0 aliphatic heterocycles. The molecule has 1 heterocycles. The molecule has 0 fully saturated rings. The highest BCUT2D eigenvalue weighted by atomic mass is 32.1. The molecule has 0 aliphatic carbocycles. The molecule has 3 heteroatoms. The molecule has 0 radical (unpaired) electrons. The standard InChI is InChI=1S/C14H18N2S/c1-4-15(5-2)14(17)16-11(3)10-12-8-6-7-9-13(12)16/h6-10H,4-5H2,1-3H3. The van der Waals surface area contributed by atoms with Gasteiger partial charge in [-0.25, -0.2) is 0 Å². The van der Waals surface area contributed by atoms with Crippen LogP contribution in [0.1, 0.15) is 19.5 Å². The topological polar surface area (TPSA) is 8.17 Å². The van der Waals surface area contributed by atoms with Crippen LogP contribution in [0.15, 0.2) is 30.3 Å². The van der Waals surface area contributed by atoms with Crippen LogP contribution < -0.4 is 0 Å². The number of aromatic nitrogens is 1. The van der Waals surface area contributed by atoms with Crippen LogP contribution in [0.5, 0.6) is 0 Å². The van der Waals surface area contributed by atoms with Gasteiger partial charge in [0.2, 0.25) is 0 Å². The van der Waals surface area contributed by atoms with E-state index in [0.29, 0.717) is 0 Å². The zero-order valence-electron chi connectivity index (χ0n) is 10.6. The monoisotopic (exact) mass is 246 g/mol. The second kappa shape index (κ2) is 4.88. The minimum absolute atomic E-state index is 0.897. The molecule has 0 atom stereocenters. The Morgan fingerprint density at radius 3 is 2.53 bits per heavy atom. The van der Waals surface area contributed by atoms with Crippen LogP contribution in [0.25, 0.3) is 10.9 Å². The summed E-state index contributed by atoms with van der Waals surface area (Å²) in [6.45, 7) is 8.27. The van der Waals surface area contributed by atoms with Crippen LogP contribution in [0.4, 0.5) is 0 Å². The van der Waals surface area contributed by atoms with Gasteiger partial charge in [0.15, 0.2) is 5.11 Å². The smallest absolute Gasteiger partial charge is 0.180 e. The molecule has 2 rings (SSSR count). The fraction of sp³-hybridized carbons (Fsp3) is 0.357. The maximum Gasteiger partial charge on any atom is 0.180 e. The second-order valence-electron chi connectivity index (χ2n) is 4.13. The van der Waals surface area contributed by atoms with Gasteiger partial charge >= 0.3 is 0 Å². The number of rotatable bonds is 2. The molecular weight excluding hydrogens is 228 g/mol. The zero-order valence-corrected chi connectivity index (χ0v) is 11.4. The molecule has 17 heavy (non-hydrogen) atoms. The van der Waals surface area contributed by atoms with Crippen LogP contribution >= 0.6 is 12.2 Å². The van der Waals surface area contributed by atoms with Crippen LogP contribution in [0.3, 0.4) is 0 Å². The second-order valence-corrected chi connectivity index (χ2v) is 4.50. The highest BCUT2D eigenvalue weighted by Crippen LogP contribution is 2.20. The van der Waals surface area contributed by atoms with E-state index in [4.69, 9.17) is 12.2 Å². The average molecular weight is 246 g/mol. The van der Waals surface area contributed by atoms with Gasteiger partial charge in [0.05, 0.1) is 5.52 Å². The lowest BCUT2D eigenvalue weighted by atomic mass is 10.2. The molecule has 0 saturated carbocycles. The maximum absolute atomic E-state index is 5.60. The van der Waals surface area contributed by atoms with Crippen molar-refractivity contribution in [1.29, 1.82) is 0 Å². The van der Waals surface area contributed by atoms with Gasteiger partial charge in [-0.15, -0.1) is 0 Å². The maximum atomic E-state index is 5.60. The fourth-order valence-electron chi connectivity index (χ4n) is 2.18. The normalized spacial score (nSPS) is 10.8. The number of para-hydroxylation sites is 1. The van der Waals surface area contributed by atoms with Crippen molar-refractivity contribution in [2.45, 2.75) is 20.8 Å². The summed E-state index contributed by atoms with van der Waals surface area (Å²) < 4.78 is 2.16. The number of fused-ring (bicyclic) bond motifs is 1. The van der Waals surface area contributed by atoms with Gasteiger partial charge < -0.3 is 4.90 Å². The zero-order chi connectivity index (χ0) is 12.4. The third-order valence-corrected chi connectivity index (χ3v) is 3.56. The first-order valence-electron chi connectivity index (χ1n) is 6.05. The Kier molecular flexibility index (Phi) is 3.48. The van der Waals surface area contributed by atoms with Crippen molar-refractivity contribution in [1.82, 2.24) is 9.47 Å². The van der Waals surface area contributed by atoms with Crippen LogP contribution in [0, 0.1) is 6.92 Å². The van der Waals surface area contributed by atoms with Crippen molar-refractivity contribution in [3.05, 3.63) is 36.0 Å². The van der Waals surface area contributed by atoms with E-state index in [2.05, 4.69) is 60.6 Å². The van der Waals surface area contributed by atoms with Crippen molar-refractivity contribution in [2.75, 3.05) is 13.1 Å². The predicted molar refractivity (Wildman–Crippen MR) is 77.6 cm³/mol. The Bertz CT molecular complexity index is 538. The van der Waals surface area contributed by atoms with Crippen LogP contribution in [-0.2, 0) is 0 Å². The van der Waals surface area contributed by atoms with E-state index in [1.165, 1.54) is 16.6 Å². The van der Waals surface area contributed by atoms with Gasteiger partial charge in [-0.05, 0) is 45.1 Å². The molecule has 1 aromatic carbocycles. The number of benzene rings is 1. The molecule has 0 N–H and O–H groups in total. The number of hydrogen-bond donors (Lipinski definition) is 0. The quantitative estimate of drug-likeness (QED) is 0.750. The molecule has 0 aliphatic rings. The SMILES string of the molecule is CCN(CC)C(=S)n1c(C)cc2ccccc21. The lowest BCUT2D eigenvalue weighted by molar-refractivity contribution is 0.460. The lowest BCUT2D eigenvalue weighted by Crippen LogP contribution is -2.34. The van der Waals surface area contributed by atoms with Gasteiger partial charge in [0, 0.05) is 24.2 Å². The first-order valence-corrected chi connectivity index (χ1v) is 6.46. The number of thiocarbonyl (C=S) groups is 1. The Morgan fingerprint density at radius 1 is 1.24 bits per heavy atom. The minimum Gasteiger partial charge on any atom is -0.349 e. The number of hydrogen-bond acceptors (Lipinski definition) is 1. The van der Waals surface area contributed by atoms with E-state index in [1.54, 1.807) is 0 Å². The van der Waals surface area contributed by atoms with E-state index in [9.17, 15) is 0 Å². The summed E-state index contributed by atoms with van der Waals surface area (Å²) in [5.41, 5.74) is 2.39. The summed E-state index contributed by atoms with van der Waals surface area (Å²) in [4.78, 5) is 2.20. The van der Waals surface area contributed by atoms with E-state index < -0.39 is 0 Å². The third kappa shape index (κ3) is 2.07. The molecule has 2 aromatic rings. The highest BCUT2D eigenvalue weighted by Gasteiger charge is 2.12. The molecule has 0 amide bonds. The van der Waals surface area contributed by atoms with Crippen LogP contribution in [-0.4, -0.2) is 27.7 Å². The van der Waals surface area contributed by atoms with Crippen LogP contribution in [0.2, 0.25) is 0 Å². The van der Waals surface area contributed by atoms with Gasteiger partial charge in [-0.2, -0.15) is 0 Å². The van der Waals surface area contributed by atoms with E-state index >= 15 is 0 Å². The molecule has 2 nitrogen and oxygen atoms in total. The minimum atomic E-state index is 0.897. The van der Waals surface area contributed by atoms with Crippen molar-refractivity contribution in [3.63, 3.8) is 0 Å². The molecule has 90 valence electrons. The van der Waals surface area contributed by atoms with Gasteiger partial charge in [0.25, 0.3) is 0 Å². The molecule has 0 unspecified atom stereocenters. The first-order chi connectivity index (χ1) is 8.19. The van der Waals surface area contributed by atoms with Crippen molar-refractivity contribution < 1.29 is 0 Å². The molecule has 0 spiro atoms. The molecular formula is C14H18N2S. The third-order valence-electron chi connectivity index (χ3n) is 3.12. The van der Waals surface area contributed by atoms with E-state index in [1.807, 2.05) is 0 Å². The molecule has 1 aromatic heterocycles. The van der Waals surface area contributed by atoms with Gasteiger partial charge in [0.1, 0.15) is 0 Å². The predicted octanol–water partition coefficient (Wildman–Crippen LogP) is 3.42.